The van der Waals surface area contributed by atoms with Crippen molar-refractivity contribution in [3.05, 3.63) is 89.0 Å². The van der Waals surface area contributed by atoms with Crippen molar-refractivity contribution in [2.24, 2.45) is 5.73 Å². The predicted octanol–water partition coefficient (Wildman–Crippen LogP) is 4.53. The number of aryl methyl sites for hydroxylation is 1. The molecule has 150 valence electrons. The monoisotopic (exact) mass is 417 g/mol. The number of ether oxygens (including phenoxy) is 1. The van der Waals surface area contributed by atoms with E-state index in [1.807, 2.05) is 31.2 Å². The molecule has 0 saturated heterocycles. The van der Waals surface area contributed by atoms with Gasteiger partial charge in [0.15, 0.2) is 5.13 Å². The molecule has 2 amide bonds. The molecule has 6 nitrogen and oxygen atoms in total. The summed E-state index contributed by atoms with van der Waals surface area (Å²) >= 11 is 1.44. The van der Waals surface area contributed by atoms with Crippen LogP contribution < -0.4 is 15.8 Å². The van der Waals surface area contributed by atoms with Gasteiger partial charge in [-0.25, -0.2) is 4.98 Å². The van der Waals surface area contributed by atoms with Gasteiger partial charge >= 0.3 is 0 Å². The number of carbonyl (C=O) groups excluding carboxylic acids is 2. The fraction of sp³-hybridized carbons (Fsp3) is 0.0870. The van der Waals surface area contributed by atoms with E-state index in [0.717, 1.165) is 21.3 Å². The first-order chi connectivity index (χ1) is 14.5. The minimum absolute atomic E-state index is 0.200. The van der Waals surface area contributed by atoms with Gasteiger partial charge in [-0.05, 0) is 48.4 Å². The van der Waals surface area contributed by atoms with E-state index in [1.54, 1.807) is 42.5 Å². The van der Waals surface area contributed by atoms with Crippen LogP contribution in [0.3, 0.4) is 0 Å². The smallest absolute Gasteiger partial charge is 0.257 e. The molecule has 4 rings (SSSR count). The zero-order valence-corrected chi connectivity index (χ0v) is 17.0. The first-order valence-corrected chi connectivity index (χ1v) is 10.1. The Balaban J connectivity index is 1.48. The van der Waals surface area contributed by atoms with Crippen LogP contribution in [0.4, 0.5) is 5.13 Å². The van der Waals surface area contributed by atoms with Crippen molar-refractivity contribution in [3.63, 3.8) is 0 Å². The highest BCUT2D eigenvalue weighted by molar-refractivity contribution is 7.22. The highest BCUT2D eigenvalue weighted by Gasteiger charge is 2.12. The average Bonchev–Trinajstić information content (AvgIpc) is 3.16. The number of nitrogens with two attached hydrogens (primary N) is 1. The number of para-hydroxylation sites is 2. The Bertz CT molecular complexity index is 1250. The Kier molecular flexibility index (Phi) is 5.45. The van der Waals surface area contributed by atoms with Crippen LogP contribution in [0.5, 0.6) is 5.75 Å². The molecule has 0 aliphatic rings. The maximum absolute atomic E-state index is 12.7. The van der Waals surface area contributed by atoms with Gasteiger partial charge in [0.25, 0.3) is 11.8 Å². The summed E-state index contributed by atoms with van der Waals surface area (Å²) in [5.74, 6) is -0.388. The van der Waals surface area contributed by atoms with E-state index < -0.39 is 5.91 Å². The van der Waals surface area contributed by atoms with Gasteiger partial charge in [-0.1, -0.05) is 47.7 Å². The molecule has 3 aromatic carbocycles. The zero-order valence-electron chi connectivity index (χ0n) is 16.2. The molecule has 3 N–H and O–H groups in total. The second-order valence-electron chi connectivity index (χ2n) is 6.74. The maximum atomic E-state index is 12.7. The zero-order chi connectivity index (χ0) is 21.1. The number of rotatable bonds is 6. The summed E-state index contributed by atoms with van der Waals surface area (Å²) in [6, 6.07) is 19.9. The lowest BCUT2D eigenvalue weighted by atomic mass is 10.1. The molecule has 7 heteroatoms. The highest BCUT2D eigenvalue weighted by Crippen LogP contribution is 2.28. The van der Waals surface area contributed by atoms with E-state index in [1.165, 1.54) is 11.3 Å². The summed E-state index contributed by atoms with van der Waals surface area (Å²) in [6.07, 6.45) is 0. The number of anilines is 1. The van der Waals surface area contributed by atoms with E-state index in [-0.39, 0.29) is 12.5 Å². The van der Waals surface area contributed by atoms with Crippen molar-refractivity contribution in [2.75, 3.05) is 5.32 Å². The molecule has 0 bridgehead atoms. The van der Waals surface area contributed by atoms with E-state index >= 15 is 0 Å². The third-order valence-corrected chi connectivity index (χ3v) is 5.51. The summed E-state index contributed by atoms with van der Waals surface area (Å²) in [7, 11) is 0. The number of nitrogens with zero attached hydrogens (tertiary/aromatic N) is 1. The molecule has 0 fully saturated rings. The van der Waals surface area contributed by atoms with Crippen molar-refractivity contribution in [2.45, 2.75) is 13.5 Å². The largest absolute Gasteiger partial charge is 0.488 e. The summed E-state index contributed by atoms with van der Waals surface area (Å²) in [5.41, 5.74) is 8.95. The van der Waals surface area contributed by atoms with Gasteiger partial charge in [-0.2, -0.15) is 0 Å². The van der Waals surface area contributed by atoms with Gasteiger partial charge in [-0.3, -0.25) is 14.9 Å². The lowest BCUT2D eigenvalue weighted by Crippen LogP contribution is -2.13. The minimum atomic E-state index is -0.551. The van der Waals surface area contributed by atoms with Crippen LogP contribution in [0.2, 0.25) is 0 Å². The Labute approximate surface area is 177 Å². The minimum Gasteiger partial charge on any atom is -0.488 e. The average molecular weight is 417 g/mol. The van der Waals surface area contributed by atoms with Gasteiger partial charge in [0.2, 0.25) is 0 Å². The molecule has 30 heavy (non-hydrogen) atoms. The van der Waals surface area contributed by atoms with Crippen LogP contribution in [-0.4, -0.2) is 16.8 Å². The van der Waals surface area contributed by atoms with Crippen molar-refractivity contribution < 1.29 is 14.3 Å². The van der Waals surface area contributed by atoms with Crippen LogP contribution in [0, 0.1) is 6.92 Å². The lowest BCUT2D eigenvalue weighted by molar-refractivity contribution is 0.0994. The molecular weight excluding hydrogens is 398 g/mol. The third kappa shape index (κ3) is 4.16. The summed E-state index contributed by atoms with van der Waals surface area (Å²) < 4.78 is 6.78. The number of aromatic nitrogens is 1. The van der Waals surface area contributed by atoms with Gasteiger partial charge in [-0.15, -0.1) is 0 Å². The highest BCUT2D eigenvalue weighted by atomic mass is 32.1. The van der Waals surface area contributed by atoms with Crippen molar-refractivity contribution in [3.8, 4) is 5.75 Å². The molecule has 0 unspecified atom stereocenters. The molecule has 0 saturated carbocycles. The second-order valence-corrected chi connectivity index (χ2v) is 7.77. The van der Waals surface area contributed by atoms with Gasteiger partial charge in [0.05, 0.1) is 15.8 Å². The summed E-state index contributed by atoms with van der Waals surface area (Å²) in [5, 5.41) is 3.42. The second kappa shape index (κ2) is 8.34. The maximum Gasteiger partial charge on any atom is 0.257 e. The lowest BCUT2D eigenvalue weighted by Gasteiger charge is -2.10. The van der Waals surface area contributed by atoms with Crippen LogP contribution in [-0.2, 0) is 6.61 Å². The first-order valence-electron chi connectivity index (χ1n) is 9.29. The normalized spacial score (nSPS) is 10.7. The Morgan fingerprint density at radius 2 is 1.87 bits per heavy atom. The van der Waals surface area contributed by atoms with Crippen LogP contribution in [0.1, 0.15) is 31.8 Å². The van der Waals surface area contributed by atoms with Crippen molar-refractivity contribution >= 4 is 38.5 Å². The Morgan fingerprint density at radius 1 is 1.07 bits per heavy atom. The predicted molar refractivity (Wildman–Crippen MR) is 118 cm³/mol. The number of nitrogens with one attached hydrogen (secondary N) is 1. The fourth-order valence-electron chi connectivity index (χ4n) is 3.07. The van der Waals surface area contributed by atoms with Gasteiger partial charge in [0.1, 0.15) is 12.4 Å². The Morgan fingerprint density at radius 3 is 2.67 bits per heavy atom. The first kappa shape index (κ1) is 19.6. The van der Waals surface area contributed by atoms with E-state index in [0.29, 0.717) is 22.0 Å². The molecule has 0 aliphatic heterocycles. The van der Waals surface area contributed by atoms with Gasteiger partial charge < -0.3 is 10.5 Å². The van der Waals surface area contributed by atoms with Gasteiger partial charge in [0, 0.05) is 5.56 Å². The molecular formula is C23H19N3O3S. The third-order valence-electron chi connectivity index (χ3n) is 4.58. The number of thiazole rings is 1. The van der Waals surface area contributed by atoms with E-state index in [2.05, 4.69) is 10.3 Å². The number of hydrogen-bond acceptors (Lipinski definition) is 5. The summed E-state index contributed by atoms with van der Waals surface area (Å²) in [6.45, 7) is 2.19. The SMILES string of the molecule is Cc1cccc2sc(NC(=O)c3cccc(COc4ccccc4C(N)=O)c3)nc12. The van der Waals surface area contributed by atoms with Crippen molar-refractivity contribution in [1.82, 2.24) is 4.98 Å². The number of carbonyl (C=O) groups is 2. The molecule has 0 spiro atoms. The van der Waals surface area contributed by atoms with Crippen LogP contribution >= 0.6 is 11.3 Å². The van der Waals surface area contributed by atoms with Crippen molar-refractivity contribution in [1.29, 1.82) is 0 Å². The van der Waals surface area contributed by atoms with E-state index in [4.69, 9.17) is 10.5 Å². The number of fused-ring (bicyclic) bond motifs is 1. The van der Waals surface area contributed by atoms with Crippen LogP contribution in [0.15, 0.2) is 66.7 Å². The van der Waals surface area contributed by atoms with Crippen LogP contribution in [0.25, 0.3) is 10.2 Å². The standard InChI is InChI=1S/C23H19N3O3S/c1-14-6-4-11-19-20(14)25-23(30-19)26-22(28)16-8-5-7-15(12-16)13-29-18-10-3-2-9-17(18)21(24)27/h2-12H,13H2,1H3,(H2,24,27)(H,25,26,28). The molecule has 1 aromatic heterocycles. The van der Waals surface area contributed by atoms with E-state index in [9.17, 15) is 9.59 Å². The fourth-order valence-corrected chi connectivity index (χ4v) is 4.01. The Hall–Kier alpha value is -3.71. The number of hydrogen-bond donors (Lipinski definition) is 2. The molecule has 1 heterocycles. The molecule has 0 aliphatic carbocycles. The topological polar surface area (TPSA) is 94.3 Å². The summed E-state index contributed by atoms with van der Waals surface area (Å²) in [4.78, 5) is 28.7. The number of primary amides is 1. The molecule has 0 atom stereocenters. The quantitative estimate of drug-likeness (QED) is 0.482. The molecule has 0 radical (unpaired) electrons. The molecule has 4 aromatic rings. The number of amides is 2. The number of benzene rings is 3.